The van der Waals surface area contributed by atoms with Crippen LogP contribution in [0.4, 0.5) is 5.95 Å². The van der Waals surface area contributed by atoms with E-state index in [0.717, 1.165) is 4.88 Å². The number of hydrogen-bond acceptors (Lipinski definition) is 9. The summed E-state index contributed by atoms with van der Waals surface area (Å²) in [5.74, 6) is 0.340. The smallest absolute Gasteiger partial charge is 0.255 e. The standard InChI is InChI=1S/C16H15N7O2S/c1-7-12-8(23-16(17)20-7)3-9(22-15(12)24)13-14(26-6-19-13)10-4-18-5-11(21-10)25-2/h4-6,9H,3H2,1-2H3,(H,22,24)(H2,17,20,23)/t9-/m1/s1. The highest BCUT2D eigenvalue weighted by atomic mass is 32.1. The molecule has 4 rings (SSSR count). The molecule has 4 heterocycles. The number of hydrogen-bond donors (Lipinski definition) is 2. The first-order valence-electron chi connectivity index (χ1n) is 7.80. The molecule has 0 aliphatic carbocycles. The minimum Gasteiger partial charge on any atom is -0.480 e. The lowest BCUT2D eigenvalue weighted by atomic mass is 9.96. The Hall–Kier alpha value is -3.14. The molecule has 0 aromatic carbocycles. The fraction of sp³-hybridized carbons (Fsp3) is 0.250. The number of carbonyl (C=O) groups excluding carboxylic acids is 1. The third kappa shape index (κ3) is 2.73. The Morgan fingerprint density at radius 3 is 2.96 bits per heavy atom. The number of nitrogen functional groups attached to an aromatic ring is 1. The maximum Gasteiger partial charge on any atom is 0.255 e. The van der Waals surface area contributed by atoms with Gasteiger partial charge in [0.1, 0.15) is 5.69 Å². The van der Waals surface area contributed by atoms with Crippen molar-refractivity contribution in [3.63, 3.8) is 0 Å². The van der Waals surface area contributed by atoms with Gasteiger partial charge < -0.3 is 15.8 Å². The molecule has 26 heavy (non-hydrogen) atoms. The number of amides is 1. The lowest BCUT2D eigenvalue weighted by molar-refractivity contribution is 0.0921. The predicted molar refractivity (Wildman–Crippen MR) is 94.8 cm³/mol. The summed E-state index contributed by atoms with van der Waals surface area (Å²) in [7, 11) is 1.53. The molecule has 0 saturated carbocycles. The fourth-order valence-electron chi connectivity index (χ4n) is 2.99. The van der Waals surface area contributed by atoms with Gasteiger partial charge in [-0.2, -0.15) is 0 Å². The molecule has 1 aliphatic heterocycles. The number of methoxy groups -OCH3 is 1. The normalized spacial score (nSPS) is 16.1. The van der Waals surface area contributed by atoms with E-state index in [4.69, 9.17) is 10.5 Å². The highest BCUT2D eigenvalue weighted by molar-refractivity contribution is 7.13. The molecule has 0 bridgehead atoms. The Balaban J connectivity index is 1.74. The summed E-state index contributed by atoms with van der Waals surface area (Å²) in [5, 5.41) is 2.98. The fourth-order valence-corrected chi connectivity index (χ4v) is 3.80. The van der Waals surface area contributed by atoms with Crippen LogP contribution < -0.4 is 15.8 Å². The van der Waals surface area contributed by atoms with Crippen molar-refractivity contribution in [1.29, 1.82) is 0 Å². The first-order chi connectivity index (χ1) is 12.6. The Kier molecular flexibility index (Phi) is 3.96. The average Bonchev–Trinajstić information content (AvgIpc) is 3.10. The Bertz CT molecular complexity index is 1000. The van der Waals surface area contributed by atoms with Crippen LogP contribution >= 0.6 is 11.3 Å². The minimum atomic E-state index is -0.335. The molecule has 0 saturated heterocycles. The number of ether oxygens (including phenoxy) is 1. The van der Waals surface area contributed by atoms with Crippen LogP contribution in [0.3, 0.4) is 0 Å². The van der Waals surface area contributed by atoms with Crippen molar-refractivity contribution in [3.8, 4) is 16.5 Å². The molecular weight excluding hydrogens is 354 g/mol. The van der Waals surface area contributed by atoms with Crippen molar-refractivity contribution >= 4 is 23.2 Å². The number of aryl methyl sites for hydroxylation is 1. The third-order valence-electron chi connectivity index (χ3n) is 4.09. The maximum absolute atomic E-state index is 12.6. The summed E-state index contributed by atoms with van der Waals surface area (Å²) in [6.07, 6.45) is 3.65. The zero-order chi connectivity index (χ0) is 18.3. The molecular formula is C16H15N7O2S. The SMILES string of the molecule is COc1cncc(-c2scnc2[C@H]2Cc3nc(N)nc(C)c3C(=O)N2)n1. The van der Waals surface area contributed by atoms with Crippen LogP contribution in [0.15, 0.2) is 17.9 Å². The van der Waals surface area contributed by atoms with Crippen molar-refractivity contribution in [3.05, 3.63) is 40.5 Å². The van der Waals surface area contributed by atoms with E-state index in [-0.39, 0.29) is 17.9 Å². The number of fused-ring (bicyclic) bond motifs is 1. The van der Waals surface area contributed by atoms with Gasteiger partial charge in [-0.05, 0) is 6.92 Å². The van der Waals surface area contributed by atoms with Gasteiger partial charge in [-0.25, -0.2) is 19.9 Å². The highest BCUT2D eigenvalue weighted by Gasteiger charge is 2.32. The molecule has 1 atom stereocenters. The molecule has 3 aromatic rings. The Morgan fingerprint density at radius 2 is 2.15 bits per heavy atom. The van der Waals surface area contributed by atoms with Crippen LogP contribution in [0.1, 0.15) is 33.5 Å². The van der Waals surface area contributed by atoms with E-state index in [2.05, 4.69) is 30.2 Å². The van der Waals surface area contributed by atoms with Crippen LogP contribution in [0.2, 0.25) is 0 Å². The van der Waals surface area contributed by atoms with Crippen molar-refractivity contribution in [2.75, 3.05) is 12.8 Å². The van der Waals surface area contributed by atoms with Crippen LogP contribution in [-0.4, -0.2) is 37.9 Å². The lowest BCUT2D eigenvalue weighted by Gasteiger charge is -2.25. The van der Waals surface area contributed by atoms with E-state index in [1.165, 1.54) is 24.6 Å². The second-order valence-electron chi connectivity index (χ2n) is 5.73. The number of thiazole rings is 1. The van der Waals surface area contributed by atoms with Gasteiger partial charge in [0.15, 0.2) is 0 Å². The molecule has 0 spiro atoms. The topological polar surface area (TPSA) is 129 Å². The predicted octanol–water partition coefficient (Wildman–Crippen LogP) is 1.32. The van der Waals surface area contributed by atoms with Crippen LogP contribution in [0, 0.1) is 6.92 Å². The molecule has 3 aromatic heterocycles. The summed E-state index contributed by atoms with van der Waals surface area (Å²) in [6, 6.07) is -0.335. The largest absolute Gasteiger partial charge is 0.480 e. The first-order valence-corrected chi connectivity index (χ1v) is 8.68. The molecule has 9 nitrogen and oxygen atoms in total. The summed E-state index contributed by atoms with van der Waals surface area (Å²) < 4.78 is 5.14. The second-order valence-corrected chi connectivity index (χ2v) is 6.59. The van der Waals surface area contributed by atoms with Crippen LogP contribution in [-0.2, 0) is 6.42 Å². The summed E-state index contributed by atoms with van der Waals surface area (Å²) in [4.78, 5) is 34.7. The van der Waals surface area contributed by atoms with Gasteiger partial charge in [0.2, 0.25) is 11.8 Å². The van der Waals surface area contributed by atoms with Gasteiger partial charge >= 0.3 is 0 Å². The third-order valence-corrected chi connectivity index (χ3v) is 4.96. The number of aromatic nitrogens is 5. The van der Waals surface area contributed by atoms with Gasteiger partial charge in [-0.3, -0.25) is 9.78 Å². The maximum atomic E-state index is 12.6. The average molecular weight is 369 g/mol. The summed E-state index contributed by atoms with van der Waals surface area (Å²) in [6.45, 7) is 1.75. The van der Waals surface area contributed by atoms with Crippen molar-refractivity contribution in [2.45, 2.75) is 19.4 Å². The molecule has 0 unspecified atom stereocenters. The summed E-state index contributed by atoms with van der Waals surface area (Å²) in [5.41, 5.74) is 10.5. The monoisotopic (exact) mass is 369 g/mol. The molecule has 1 aliphatic rings. The molecule has 132 valence electrons. The van der Waals surface area contributed by atoms with Gasteiger partial charge in [0.05, 0.1) is 58.6 Å². The first kappa shape index (κ1) is 16.3. The van der Waals surface area contributed by atoms with Crippen molar-refractivity contribution in [1.82, 2.24) is 30.2 Å². The lowest BCUT2D eigenvalue weighted by Crippen LogP contribution is -2.37. The number of nitrogens with one attached hydrogen (secondary N) is 1. The highest BCUT2D eigenvalue weighted by Crippen LogP contribution is 2.34. The van der Waals surface area contributed by atoms with Crippen LogP contribution in [0.25, 0.3) is 10.6 Å². The van der Waals surface area contributed by atoms with E-state index >= 15 is 0 Å². The zero-order valence-electron chi connectivity index (χ0n) is 14.1. The van der Waals surface area contributed by atoms with Crippen LogP contribution in [0.5, 0.6) is 5.88 Å². The van der Waals surface area contributed by atoms with E-state index in [1.54, 1.807) is 18.6 Å². The Morgan fingerprint density at radius 1 is 1.31 bits per heavy atom. The Labute approximate surface area is 152 Å². The molecule has 3 N–H and O–H groups in total. The number of rotatable bonds is 3. The van der Waals surface area contributed by atoms with Crippen molar-refractivity contribution < 1.29 is 9.53 Å². The summed E-state index contributed by atoms with van der Waals surface area (Å²) >= 11 is 1.43. The van der Waals surface area contributed by atoms with Gasteiger partial charge in [0.25, 0.3) is 5.91 Å². The molecule has 0 fully saturated rings. The number of anilines is 1. The van der Waals surface area contributed by atoms with E-state index in [1.807, 2.05) is 0 Å². The molecule has 0 radical (unpaired) electrons. The molecule has 10 heteroatoms. The second kappa shape index (κ2) is 6.30. The van der Waals surface area contributed by atoms with E-state index < -0.39 is 0 Å². The quantitative estimate of drug-likeness (QED) is 0.707. The number of nitrogens with two attached hydrogens (primary N) is 1. The van der Waals surface area contributed by atoms with Crippen molar-refractivity contribution in [2.24, 2.45) is 0 Å². The van der Waals surface area contributed by atoms with E-state index in [9.17, 15) is 4.79 Å². The van der Waals surface area contributed by atoms with Gasteiger partial charge in [-0.1, -0.05) is 0 Å². The molecule has 1 amide bonds. The number of nitrogens with zero attached hydrogens (tertiary/aromatic N) is 5. The number of carbonyl (C=O) groups is 1. The van der Waals surface area contributed by atoms with Gasteiger partial charge in [-0.15, -0.1) is 11.3 Å². The minimum absolute atomic E-state index is 0.159. The zero-order valence-corrected chi connectivity index (χ0v) is 14.9. The van der Waals surface area contributed by atoms with Gasteiger partial charge in [0, 0.05) is 6.42 Å². The van der Waals surface area contributed by atoms with E-state index in [0.29, 0.717) is 40.6 Å².